The van der Waals surface area contributed by atoms with Gasteiger partial charge in [0.25, 0.3) is 5.91 Å². The number of unbranched alkanes of at least 4 members (excludes halogenated alkanes) is 1. The molecule has 0 unspecified atom stereocenters. The van der Waals surface area contributed by atoms with Crippen molar-refractivity contribution >= 4 is 29.3 Å². The van der Waals surface area contributed by atoms with Gasteiger partial charge in [-0.2, -0.15) is 0 Å². The maximum absolute atomic E-state index is 13.1. The highest BCUT2D eigenvalue weighted by Crippen LogP contribution is 2.23. The Hall–Kier alpha value is -4.05. The van der Waals surface area contributed by atoms with Crippen molar-refractivity contribution in [3.63, 3.8) is 0 Å². The minimum Gasteiger partial charge on any atom is -0.462 e. The summed E-state index contributed by atoms with van der Waals surface area (Å²) in [5.74, 6) is -0.406. The van der Waals surface area contributed by atoms with Crippen LogP contribution in [0.3, 0.4) is 0 Å². The Labute approximate surface area is 207 Å². The van der Waals surface area contributed by atoms with Crippen molar-refractivity contribution in [3.05, 3.63) is 90.0 Å². The first-order valence-corrected chi connectivity index (χ1v) is 12.1. The van der Waals surface area contributed by atoms with Gasteiger partial charge in [0.2, 0.25) is 0 Å². The Bertz CT molecular complexity index is 1260. The molecule has 35 heavy (non-hydrogen) atoms. The molecule has 0 aliphatic rings. The van der Waals surface area contributed by atoms with E-state index in [0.717, 1.165) is 18.5 Å². The molecule has 4 aromatic rings. The van der Waals surface area contributed by atoms with Gasteiger partial charge in [0.05, 0.1) is 23.6 Å². The fourth-order valence-corrected chi connectivity index (χ4v) is 3.95. The van der Waals surface area contributed by atoms with Gasteiger partial charge in [-0.3, -0.25) is 4.79 Å². The molecule has 0 aliphatic carbocycles. The average molecular weight is 489 g/mol. The standard InChI is InChI=1S/C25H24N6O3S/c1-2-3-16-34-24(33)18-10-12-19(13-11-18)28-23(32)22-21(17-35-25-26-14-7-15-27-25)31(30-29-22)20-8-5-4-6-9-20/h4-15H,2-3,16-17H2,1H3,(H,28,32). The lowest BCUT2D eigenvalue weighted by atomic mass is 10.2. The van der Waals surface area contributed by atoms with Gasteiger partial charge in [-0.15, -0.1) is 5.10 Å². The predicted molar refractivity (Wildman–Crippen MR) is 133 cm³/mol. The second kappa shape index (κ2) is 11.9. The molecule has 1 N–H and O–H groups in total. The van der Waals surface area contributed by atoms with Crippen LogP contribution >= 0.6 is 11.8 Å². The third-order valence-corrected chi connectivity index (χ3v) is 5.86. The topological polar surface area (TPSA) is 112 Å². The van der Waals surface area contributed by atoms with Crippen molar-refractivity contribution < 1.29 is 14.3 Å². The number of nitrogens with zero attached hydrogens (tertiary/aromatic N) is 5. The molecule has 1 amide bonds. The number of thioether (sulfide) groups is 1. The van der Waals surface area contributed by atoms with Crippen LogP contribution in [-0.4, -0.2) is 43.4 Å². The molecule has 9 nitrogen and oxygen atoms in total. The number of hydrogen-bond donors (Lipinski definition) is 1. The molecule has 0 fully saturated rings. The number of ether oxygens (including phenoxy) is 1. The van der Waals surface area contributed by atoms with Crippen LogP contribution in [0.1, 0.15) is 46.3 Å². The zero-order chi connectivity index (χ0) is 24.5. The summed E-state index contributed by atoms with van der Waals surface area (Å²) in [6.45, 7) is 2.42. The molecule has 2 aromatic carbocycles. The van der Waals surface area contributed by atoms with Crippen LogP contribution < -0.4 is 5.32 Å². The summed E-state index contributed by atoms with van der Waals surface area (Å²) in [5.41, 5.74) is 2.55. The number of amides is 1. The Kier molecular flexibility index (Phi) is 8.18. The third kappa shape index (κ3) is 6.30. The van der Waals surface area contributed by atoms with Gasteiger partial charge < -0.3 is 10.1 Å². The zero-order valence-electron chi connectivity index (χ0n) is 19.1. The molecule has 10 heteroatoms. The van der Waals surface area contributed by atoms with Crippen molar-refractivity contribution in [3.8, 4) is 5.69 Å². The predicted octanol–water partition coefficient (Wildman–Crippen LogP) is 4.56. The molecule has 0 spiro atoms. The lowest BCUT2D eigenvalue weighted by molar-refractivity contribution is 0.0499. The van der Waals surface area contributed by atoms with Crippen molar-refractivity contribution in [2.45, 2.75) is 30.7 Å². The first-order valence-electron chi connectivity index (χ1n) is 11.1. The first kappa shape index (κ1) is 24.1. The van der Waals surface area contributed by atoms with Crippen molar-refractivity contribution in [1.29, 1.82) is 0 Å². The van der Waals surface area contributed by atoms with E-state index in [4.69, 9.17) is 4.74 Å². The molecular formula is C25H24N6O3S. The number of rotatable bonds is 10. The molecule has 2 aromatic heterocycles. The van der Waals surface area contributed by atoms with E-state index in [1.165, 1.54) is 11.8 Å². The molecule has 178 valence electrons. The van der Waals surface area contributed by atoms with E-state index in [0.29, 0.717) is 34.5 Å². The number of nitrogens with one attached hydrogen (secondary N) is 1. The maximum Gasteiger partial charge on any atom is 0.338 e. The van der Waals surface area contributed by atoms with E-state index in [1.54, 1.807) is 47.4 Å². The summed E-state index contributed by atoms with van der Waals surface area (Å²) < 4.78 is 6.86. The first-order chi connectivity index (χ1) is 17.2. The van der Waals surface area contributed by atoms with Gasteiger partial charge in [0, 0.05) is 23.8 Å². The Morgan fingerprint density at radius 3 is 2.46 bits per heavy atom. The van der Waals surface area contributed by atoms with Crippen LogP contribution in [0.4, 0.5) is 5.69 Å². The summed E-state index contributed by atoms with van der Waals surface area (Å²) in [7, 11) is 0. The van der Waals surface area contributed by atoms with Gasteiger partial charge in [0.1, 0.15) is 0 Å². The molecule has 4 rings (SSSR count). The number of anilines is 1. The summed E-state index contributed by atoms with van der Waals surface area (Å²) in [6.07, 6.45) is 5.10. The van der Waals surface area contributed by atoms with Gasteiger partial charge in [0.15, 0.2) is 10.9 Å². The number of benzene rings is 2. The van der Waals surface area contributed by atoms with Crippen molar-refractivity contribution in [1.82, 2.24) is 25.0 Å². The normalized spacial score (nSPS) is 10.7. The Balaban J connectivity index is 1.51. The number of esters is 1. The molecule has 0 saturated heterocycles. The van der Waals surface area contributed by atoms with Crippen molar-refractivity contribution in [2.75, 3.05) is 11.9 Å². The summed E-state index contributed by atoms with van der Waals surface area (Å²) in [4.78, 5) is 33.7. The fraction of sp³-hybridized carbons (Fsp3) is 0.200. The highest BCUT2D eigenvalue weighted by atomic mass is 32.2. The molecule has 2 heterocycles. The molecular weight excluding hydrogens is 464 g/mol. The maximum atomic E-state index is 13.1. The van der Waals surface area contributed by atoms with Crippen LogP contribution in [0.25, 0.3) is 5.69 Å². The number of para-hydroxylation sites is 1. The van der Waals surface area contributed by atoms with E-state index < -0.39 is 5.91 Å². The van der Waals surface area contributed by atoms with Gasteiger partial charge >= 0.3 is 5.97 Å². The lowest BCUT2D eigenvalue weighted by Crippen LogP contribution is -2.15. The third-order valence-electron chi connectivity index (χ3n) is 4.97. The largest absolute Gasteiger partial charge is 0.462 e. The number of hydrogen-bond acceptors (Lipinski definition) is 8. The van der Waals surface area contributed by atoms with Crippen LogP contribution in [-0.2, 0) is 10.5 Å². The van der Waals surface area contributed by atoms with E-state index >= 15 is 0 Å². The van der Waals surface area contributed by atoms with Crippen molar-refractivity contribution in [2.24, 2.45) is 0 Å². The minimum absolute atomic E-state index is 0.195. The van der Waals surface area contributed by atoms with Gasteiger partial charge in [-0.05, 0) is 48.9 Å². The highest BCUT2D eigenvalue weighted by molar-refractivity contribution is 7.98. The smallest absolute Gasteiger partial charge is 0.338 e. The van der Waals surface area contributed by atoms with E-state index in [9.17, 15) is 9.59 Å². The fourth-order valence-electron chi connectivity index (χ4n) is 3.15. The molecule has 0 bridgehead atoms. The molecule has 0 saturated carbocycles. The molecule has 0 radical (unpaired) electrons. The average Bonchev–Trinajstić information content (AvgIpc) is 3.33. The van der Waals surface area contributed by atoms with E-state index in [2.05, 4.69) is 25.6 Å². The lowest BCUT2D eigenvalue weighted by Gasteiger charge is -2.09. The summed E-state index contributed by atoms with van der Waals surface area (Å²) in [6, 6.07) is 17.8. The van der Waals surface area contributed by atoms with Crippen LogP contribution in [0, 0.1) is 0 Å². The Morgan fingerprint density at radius 1 is 1.00 bits per heavy atom. The molecule has 0 aliphatic heterocycles. The Morgan fingerprint density at radius 2 is 1.74 bits per heavy atom. The monoisotopic (exact) mass is 488 g/mol. The van der Waals surface area contributed by atoms with Gasteiger partial charge in [-0.25, -0.2) is 19.4 Å². The minimum atomic E-state index is -0.407. The summed E-state index contributed by atoms with van der Waals surface area (Å²) >= 11 is 1.38. The molecule has 0 atom stereocenters. The second-order valence-corrected chi connectivity index (χ2v) is 8.42. The van der Waals surface area contributed by atoms with E-state index in [-0.39, 0.29) is 11.7 Å². The SMILES string of the molecule is CCCCOC(=O)c1ccc(NC(=O)c2nnn(-c3ccccc3)c2CSc2ncccn2)cc1. The van der Waals surface area contributed by atoms with Gasteiger partial charge in [-0.1, -0.05) is 48.5 Å². The quantitative estimate of drug-likeness (QED) is 0.150. The number of carbonyl (C=O) groups is 2. The van der Waals surface area contributed by atoms with Crippen LogP contribution in [0.5, 0.6) is 0 Å². The number of carbonyl (C=O) groups excluding carboxylic acids is 2. The second-order valence-electron chi connectivity index (χ2n) is 7.47. The summed E-state index contributed by atoms with van der Waals surface area (Å²) in [5, 5.41) is 11.8. The van der Waals surface area contributed by atoms with Crippen LogP contribution in [0.15, 0.2) is 78.2 Å². The highest BCUT2D eigenvalue weighted by Gasteiger charge is 2.21. The number of aromatic nitrogens is 5. The van der Waals surface area contributed by atoms with E-state index in [1.807, 2.05) is 37.3 Å². The van der Waals surface area contributed by atoms with Crippen LogP contribution in [0.2, 0.25) is 0 Å². The zero-order valence-corrected chi connectivity index (χ0v) is 19.9.